The van der Waals surface area contributed by atoms with Crippen LogP contribution in [0.5, 0.6) is 0 Å². The van der Waals surface area contributed by atoms with Gasteiger partial charge >= 0.3 is 11.9 Å². The second-order valence-corrected chi connectivity index (χ2v) is 11.4. The van der Waals surface area contributed by atoms with Gasteiger partial charge in [-0.15, -0.1) is 22.7 Å². The quantitative estimate of drug-likeness (QED) is 0.347. The third-order valence-electron chi connectivity index (χ3n) is 6.21. The number of rotatable bonds is 4. The maximum Gasteiger partial charge on any atom is 0.348 e. The van der Waals surface area contributed by atoms with Crippen LogP contribution in [-0.2, 0) is 22.3 Å². The Labute approximate surface area is 238 Å². The summed E-state index contributed by atoms with van der Waals surface area (Å²) in [4.78, 5) is 53.0. The van der Waals surface area contributed by atoms with E-state index >= 15 is 0 Å². The lowest BCUT2D eigenvalue weighted by molar-refractivity contribution is 0.0459. The summed E-state index contributed by atoms with van der Waals surface area (Å²) in [6.07, 6.45) is 0.865. The number of carbonyl (C=O) groups is 4. The number of thiophene rings is 2. The molecule has 5 rings (SSSR count). The molecule has 0 aliphatic carbocycles. The molecule has 4 aromatic rings. The predicted octanol–water partition coefficient (Wildman–Crippen LogP) is 4.52. The van der Waals surface area contributed by atoms with Gasteiger partial charge in [-0.05, 0) is 48.2 Å². The first-order chi connectivity index (χ1) is 19.4. The van der Waals surface area contributed by atoms with Gasteiger partial charge in [-0.1, -0.05) is 60.7 Å². The Hall–Kier alpha value is -4.28. The van der Waals surface area contributed by atoms with Crippen molar-refractivity contribution in [3.8, 4) is 0 Å². The van der Waals surface area contributed by atoms with Gasteiger partial charge in [0, 0.05) is 0 Å². The summed E-state index contributed by atoms with van der Waals surface area (Å²) in [7, 11) is 0. The van der Waals surface area contributed by atoms with Crippen molar-refractivity contribution < 1.29 is 28.7 Å². The van der Waals surface area contributed by atoms with Crippen molar-refractivity contribution in [3.63, 3.8) is 0 Å². The molecule has 2 atom stereocenters. The Bertz CT molecular complexity index is 1390. The van der Waals surface area contributed by atoms with E-state index in [2.05, 4.69) is 10.6 Å². The Kier molecular flexibility index (Phi) is 8.68. The van der Waals surface area contributed by atoms with Gasteiger partial charge in [0.2, 0.25) is 0 Å². The number of nitrogens with one attached hydrogen (secondary N) is 2. The smallest absolute Gasteiger partial charge is 0.348 e. The first kappa shape index (κ1) is 27.3. The van der Waals surface area contributed by atoms with Crippen LogP contribution in [0.4, 0.5) is 0 Å². The number of fused-ring (bicyclic) bond motifs is 4. The molecule has 0 saturated heterocycles. The lowest BCUT2D eigenvalue weighted by Crippen LogP contribution is -2.40. The summed E-state index contributed by atoms with van der Waals surface area (Å²) < 4.78 is 11.1. The van der Waals surface area contributed by atoms with E-state index in [9.17, 15) is 19.2 Å². The molecule has 0 unspecified atom stereocenters. The highest BCUT2D eigenvalue weighted by Crippen LogP contribution is 2.21. The largest absolute Gasteiger partial charge is 0.459 e. The van der Waals surface area contributed by atoms with Crippen molar-refractivity contribution in [1.82, 2.24) is 10.6 Å². The Morgan fingerprint density at radius 2 is 0.925 bits per heavy atom. The highest BCUT2D eigenvalue weighted by Gasteiger charge is 2.24. The molecule has 4 bridgehead atoms. The van der Waals surface area contributed by atoms with Crippen molar-refractivity contribution in [3.05, 3.63) is 116 Å². The Balaban J connectivity index is 1.41. The SMILES string of the molecule is O=C1N[C@@H](Cc2ccccc2)COC(=O)c2ccc(s2)C(=O)OC[C@H](Cc2ccccc2)NC(=O)c2ccc1s2. The molecular formula is C30H26N2O6S2. The average molecular weight is 575 g/mol. The molecule has 1 aliphatic heterocycles. The zero-order valence-electron chi connectivity index (χ0n) is 21.3. The summed E-state index contributed by atoms with van der Waals surface area (Å²) in [6, 6.07) is 24.3. The Morgan fingerprint density at radius 1 is 0.550 bits per heavy atom. The van der Waals surface area contributed by atoms with Crippen LogP contribution in [0.3, 0.4) is 0 Å². The van der Waals surface area contributed by atoms with Gasteiger partial charge < -0.3 is 20.1 Å². The van der Waals surface area contributed by atoms with E-state index < -0.39 is 24.0 Å². The fraction of sp³-hybridized carbons (Fsp3) is 0.200. The molecule has 0 radical (unpaired) electrons. The third kappa shape index (κ3) is 7.02. The molecule has 0 fully saturated rings. The molecule has 1 aliphatic rings. The summed E-state index contributed by atoms with van der Waals surface area (Å²) in [5.74, 6) is -1.92. The van der Waals surface area contributed by atoms with Gasteiger partial charge in [-0.25, -0.2) is 9.59 Å². The predicted molar refractivity (Wildman–Crippen MR) is 152 cm³/mol. The fourth-order valence-electron chi connectivity index (χ4n) is 4.25. The molecule has 204 valence electrons. The van der Waals surface area contributed by atoms with Crippen molar-refractivity contribution >= 4 is 46.4 Å². The molecule has 8 nitrogen and oxygen atoms in total. The zero-order valence-corrected chi connectivity index (χ0v) is 23.0. The van der Waals surface area contributed by atoms with E-state index in [1.165, 1.54) is 12.1 Å². The van der Waals surface area contributed by atoms with Crippen LogP contribution in [0.2, 0.25) is 0 Å². The number of cyclic esters (lactones) is 2. The van der Waals surface area contributed by atoms with E-state index in [1.54, 1.807) is 12.1 Å². The summed E-state index contributed by atoms with van der Waals surface area (Å²) >= 11 is 2.03. The number of benzene rings is 2. The minimum Gasteiger partial charge on any atom is -0.459 e. The summed E-state index contributed by atoms with van der Waals surface area (Å²) in [6.45, 7) is -0.145. The van der Waals surface area contributed by atoms with Crippen molar-refractivity contribution in [2.45, 2.75) is 24.9 Å². The van der Waals surface area contributed by atoms with Crippen molar-refractivity contribution in [2.75, 3.05) is 13.2 Å². The minimum atomic E-state index is -0.592. The normalized spacial score (nSPS) is 18.5. The molecule has 3 heterocycles. The molecule has 40 heavy (non-hydrogen) atoms. The van der Waals surface area contributed by atoms with E-state index in [4.69, 9.17) is 9.47 Å². The number of esters is 2. The van der Waals surface area contributed by atoms with E-state index in [-0.39, 0.29) is 34.8 Å². The number of carbonyl (C=O) groups excluding carboxylic acids is 4. The zero-order chi connectivity index (χ0) is 27.9. The minimum absolute atomic E-state index is 0.0724. The van der Waals surface area contributed by atoms with Gasteiger partial charge in [0.25, 0.3) is 11.8 Å². The van der Waals surface area contributed by atoms with Gasteiger partial charge in [-0.3, -0.25) is 9.59 Å². The molecule has 0 spiro atoms. The van der Waals surface area contributed by atoms with E-state index in [1.807, 2.05) is 60.7 Å². The maximum atomic E-state index is 13.1. The van der Waals surface area contributed by atoms with E-state index in [0.29, 0.717) is 22.6 Å². The van der Waals surface area contributed by atoms with Crippen LogP contribution >= 0.6 is 22.7 Å². The van der Waals surface area contributed by atoms with E-state index in [0.717, 1.165) is 33.8 Å². The molecule has 2 N–H and O–H groups in total. The highest BCUT2D eigenvalue weighted by atomic mass is 32.1. The molecular weight excluding hydrogens is 548 g/mol. The summed E-state index contributed by atoms with van der Waals surface area (Å²) in [5, 5.41) is 5.88. The topological polar surface area (TPSA) is 111 Å². The van der Waals surface area contributed by atoms with Crippen LogP contribution in [0.1, 0.15) is 49.8 Å². The van der Waals surface area contributed by atoms with Gasteiger partial charge in [0.15, 0.2) is 0 Å². The fourth-order valence-corrected chi connectivity index (χ4v) is 5.85. The molecule has 10 heteroatoms. The Morgan fingerprint density at radius 3 is 1.35 bits per heavy atom. The number of amides is 2. The van der Waals surface area contributed by atoms with Gasteiger partial charge in [0.05, 0.1) is 21.8 Å². The number of hydrogen-bond acceptors (Lipinski definition) is 8. The summed E-state index contributed by atoms with van der Waals surface area (Å²) in [5.41, 5.74) is 1.92. The first-order valence-electron chi connectivity index (χ1n) is 12.7. The molecule has 2 amide bonds. The highest BCUT2D eigenvalue weighted by molar-refractivity contribution is 7.16. The number of ether oxygens (including phenoxy) is 2. The van der Waals surface area contributed by atoms with Gasteiger partial charge in [-0.2, -0.15) is 0 Å². The monoisotopic (exact) mass is 574 g/mol. The van der Waals surface area contributed by atoms with Crippen LogP contribution in [0, 0.1) is 0 Å². The lowest BCUT2D eigenvalue weighted by atomic mass is 10.1. The first-order valence-corrected chi connectivity index (χ1v) is 14.3. The van der Waals surface area contributed by atoms with Gasteiger partial charge in [0.1, 0.15) is 23.0 Å². The van der Waals surface area contributed by atoms with Crippen LogP contribution in [0.25, 0.3) is 0 Å². The lowest BCUT2D eigenvalue weighted by Gasteiger charge is -2.19. The average Bonchev–Trinajstić information content (AvgIpc) is 3.66. The van der Waals surface area contributed by atoms with Crippen LogP contribution in [0.15, 0.2) is 84.9 Å². The maximum absolute atomic E-state index is 13.1. The van der Waals surface area contributed by atoms with Crippen molar-refractivity contribution in [1.29, 1.82) is 0 Å². The second kappa shape index (κ2) is 12.7. The second-order valence-electron chi connectivity index (χ2n) is 9.24. The third-order valence-corrected chi connectivity index (χ3v) is 8.34. The molecule has 2 aromatic heterocycles. The standard InChI is InChI=1S/C30H26N2O6S2/c33-27-23-11-12-24(39-23)28(34)32-22(16-20-9-5-2-6-10-20)18-38-30(36)26-14-13-25(40-26)29(35)37-17-21(31-27)15-19-7-3-1-4-8-19/h1-14,21-22H,15-18H2,(H,31,33)(H,32,34)/t21-,22-/m0/s1. The van der Waals surface area contributed by atoms with Crippen LogP contribution < -0.4 is 10.6 Å². The molecule has 2 aromatic carbocycles. The number of hydrogen-bond donors (Lipinski definition) is 2. The van der Waals surface area contributed by atoms with Crippen molar-refractivity contribution in [2.24, 2.45) is 0 Å². The molecule has 0 saturated carbocycles. The van der Waals surface area contributed by atoms with Crippen LogP contribution in [-0.4, -0.2) is 49.1 Å².